The molecule has 0 atom stereocenters. The number of urea groups is 1. The van der Waals surface area contributed by atoms with Gasteiger partial charge in [0.1, 0.15) is 0 Å². The molecule has 1 aromatic carbocycles. The van der Waals surface area contributed by atoms with Crippen LogP contribution in [0.2, 0.25) is 0 Å². The SMILES string of the molecule is Cc1ccc(N2CCOCC2)cc1NC(=O)NC(C)(C)CCC(=O)O. The number of nitrogens with one attached hydrogen (secondary N) is 2. The van der Waals surface area contributed by atoms with E-state index in [0.717, 1.165) is 30.0 Å². The summed E-state index contributed by atoms with van der Waals surface area (Å²) in [4.78, 5) is 25.2. The third-order valence-corrected chi connectivity index (χ3v) is 4.26. The van der Waals surface area contributed by atoms with Crippen LogP contribution in [0.5, 0.6) is 0 Å². The first-order valence-electron chi connectivity index (χ1n) is 8.51. The molecule has 25 heavy (non-hydrogen) atoms. The second-order valence-electron chi connectivity index (χ2n) is 6.96. The zero-order chi connectivity index (χ0) is 18.4. The van der Waals surface area contributed by atoms with E-state index in [4.69, 9.17) is 9.84 Å². The lowest BCUT2D eigenvalue weighted by Crippen LogP contribution is -2.45. The number of morpholine rings is 1. The van der Waals surface area contributed by atoms with Gasteiger partial charge in [0.25, 0.3) is 0 Å². The lowest BCUT2D eigenvalue weighted by Gasteiger charge is -2.30. The summed E-state index contributed by atoms with van der Waals surface area (Å²) in [5.41, 5.74) is 2.17. The normalized spacial score (nSPS) is 14.9. The molecule has 2 amide bonds. The molecular formula is C18H27N3O4. The predicted octanol–water partition coefficient (Wildman–Crippen LogP) is 2.60. The number of benzene rings is 1. The van der Waals surface area contributed by atoms with Gasteiger partial charge < -0.3 is 25.4 Å². The third kappa shape index (κ3) is 5.94. The van der Waals surface area contributed by atoms with Gasteiger partial charge in [-0.25, -0.2) is 4.79 Å². The second kappa shape index (κ2) is 8.20. The molecule has 7 nitrogen and oxygen atoms in total. The maximum Gasteiger partial charge on any atom is 0.319 e. The van der Waals surface area contributed by atoms with Gasteiger partial charge in [-0.3, -0.25) is 4.79 Å². The Morgan fingerprint density at radius 3 is 2.60 bits per heavy atom. The standard InChI is InChI=1S/C18H27N3O4/c1-13-4-5-14(21-8-10-25-11-9-21)12-15(13)19-17(24)20-18(2,3)7-6-16(22)23/h4-5,12H,6-11H2,1-3H3,(H,22,23)(H2,19,20,24). The van der Waals surface area contributed by atoms with Gasteiger partial charge in [-0.15, -0.1) is 0 Å². The fourth-order valence-corrected chi connectivity index (χ4v) is 2.71. The molecule has 1 saturated heterocycles. The second-order valence-corrected chi connectivity index (χ2v) is 6.96. The Hall–Kier alpha value is -2.28. The monoisotopic (exact) mass is 349 g/mol. The quantitative estimate of drug-likeness (QED) is 0.734. The van der Waals surface area contributed by atoms with Gasteiger partial charge in [0, 0.05) is 36.4 Å². The van der Waals surface area contributed by atoms with Crippen molar-refractivity contribution in [1.82, 2.24) is 5.32 Å². The number of carbonyl (C=O) groups excluding carboxylic acids is 1. The highest BCUT2D eigenvalue weighted by Gasteiger charge is 2.22. The molecule has 1 aliphatic rings. The summed E-state index contributed by atoms with van der Waals surface area (Å²) >= 11 is 0. The molecule has 3 N–H and O–H groups in total. The van der Waals surface area contributed by atoms with Crippen molar-refractivity contribution in [2.75, 3.05) is 36.5 Å². The fraction of sp³-hybridized carbons (Fsp3) is 0.556. The highest BCUT2D eigenvalue weighted by molar-refractivity contribution is 5.91. The summed E-state index contributed by atoms with van der Waals surface area (Å²) in [6, 6.07) is 5.65. The van der Waals surface area contributed by atoms with Crippen molar-refractivity contribution in [2.24, 2.45) is 0 Å². The number of amides is 2. The molecule has 0 radical (unpaired) electrons. The summed E-state index contributed by atoms with van der Waals surface area (Å²) in [5.74, 6) is -0.871. The van der Waals surface area contributed by atoms with Gasteiger partial charge in [-0.05, 0) is 44.9 Å². The summed E-state index contributed by atoms with van der Waals surface area (Å²) in [7, 11) is 0. The van der Waals surface area contributed by atoms with Crippen molar-refractivity contribution in [2.45, 2.75) is 39.2 Å². The van der Waals surface area contributed by atoms with Gasteiger partial charge >= 0.3 is 12.0 Å². The molecule has 1 fully saturated rings. The molecule has 0 bridgehead atoms. The Bertz CT molecular complexity index is 625. The zero-order valence-electron chi connectivity index (χ0n) is 15.1. The van der Waals surface area contributed by atoms with Crippen LogP contribution in [0.15, 0.2) is 18.2 Å². The number of carboxylic acid groups (broad SMARTS) is 1. The van der Waals surface area contributed by atoms with E-state index < -0.39 is 11.5 Å². The number of aliphatic carboxylic acids is 1. The lowest BCUT2D eigenvalue weighted by atomic mass is 9.99. The van der Waals surface area contributed by atoms with Crippen molar-refractivity contribution in [3.8, 4) is 0 Å². The molecule has 1 aromatic rings. The first-order valence-corrected chi connectivity index (χ1v) is 8.51. The van der Waals surface area contributed by atoms with Crippen LogP contribution in [0.3, 0.4) is 0 Å². The van der Waals surface area contributed by atoms with Gasteiger partial charge in [-0.2, -0.15) is 0 Å². The van der Waals surface area contributed by atoms with Crippen molar-refractivity contribution in [1.29, 1.82) is 0 Å². The lowest BCUT2D eigenvalue weighted by molar-refractivity contribution is -0.137. The van der Waals surface area contributed by atoms with E-state index in [1.807, 2.05) is 39.0 Å². The minimum absolute atomic E-state index is 0.0127. The summed E-state index contributed by atoms with van der Waals surface area (Å²) < 4.78 is 5.37. The third-order valence-electron chi connectivity index (χ3n) is 4.26. The maximum atomic E-state index is 12.3. The molecule has 0 unspecified atom stereocenters. The minimum Gasteiger partial charge on any atom is -0.481 e. The van der Waals surface area contributed by atoms with Crippen LogP contribution in [0.1, 0.15) is 32.3 Å². The predicted molar refractivity (Wildman–Crippen MR) is 97.3 cm³/mol. The van der Waals surface area contributed by atoms with Crippen LogP contribution in [-0.4, -0.2) is 48.9 Å². The van der Waals surface area contributed by atoms with Crippen molar-refractivity contribution in [3.63, 3.8) is 0 Å². The Morgan fingerprint density at radius 1 is 1.28 bits per heavy atom. The van der Waals surface area contributed by atoms with Crippen molar-refractivity contribution < 1.29 is 19.4 Å². The van der Waals surface area contributed by atoms with Crippen molar-refractivity contribution >= 4 is 23.4 Å². The van der Waals surface area contributed by atoms with E-state index in [2.05, 4.69) is 15.5 Å². The Kier molecular flexibility index (Phi) is 6.25. The number of carboxylic acids is 1. The van der Waals surface area contributed by atoms with E-state index in [1.165, 1.54) is 0 Å². The fourth-order valence-electron chi connectivity index (χ4n) is 2.71. The van der Waals surface area contributed by atoms with E-state index in [1.54, 1.807) is 0 Å². The van der Waals surface area contributed by atoms with E-state index in [9.17, 15) is 9.59 Å². The molecule has 0 saturated carbocycles. The number of nitrogens with zero attached hydrogens (tertiary/aromatic N) is 1. The van der Waals surface area contributed by atoms with Crippen molar-refractivity contribution in [3.05, 3.63) is 23.8 Å². The van der Waals surface area contributed by atoms with Gasteiger partial charge in [0.05, 0.1) is 13.2 Å². The number of hydrogen-bond acceptors (Lipinski definition) is 4. The molecule has 0 spiro atoms. The first kappa shape index (κ1) is 19.1. The molecule has 2 rings (SSSR count). The van der Waals surface area contributed by atoms with E-state index >= 15 is 0 Å². The Labute approximate surface area is 148 Å². The average Bonchev–Trinajstić information content (AvgIpc) is 2.55. The van der Waals surface area contributed by atoms with Gasteiger partial charge in [0.15, 0.2) is 0 Å². The van der Waals surface area contributed by atoms with E-state index in [0.29, 0.717) is 19.6 Å². The number of carbonyl (C=O) groups is 2. The Morgan fingerprint density at radius 2 is 1.96 bits per heavy atom. The summed E-state index contributed by atoms with van der Waals surface area (Å²) in [6.45, 7) is 8.63. The van der Waals surface area contributed by atoms with Crippen LogP contribution in [-0.2, 0) is 9.53 Å². The Balaban J connectivity index is 2.00. The number of anilines is 2. The topological polar surface area (TPSA) is 90.9 Å². The number of ether oxygens (including phenoxy) is 1. The van der Waals surface area contributed by atoms with Gasteiger partial charge in [-0.1, -0.05) is 6.07 Å². The van der Waals surface area contributed by atoms with Crippen LogP contribution in [0, 0.1) is 6.92 Å². The smallest absolute Gasteiger partial charge is 0.319 e. The average molecular weight is 349 g/mol. The van der Waals surface area contributed by atoms with Gasteiger partial charge in [0.2, 0.25) is 0 Å². The van der Waals surface area contributed by atoms with Crippen LogP contribution in [0.25, 0.3) is 0 Å². The highest BCUT2D eigenvalue weighted by Crippen LogP contribution is 2.24. The van der Waals surface area contributed by atoms with Crippen LogP contribution < -0.4 is 15.5 Å². The molecule has 7 heteroatoms. The molecule has 1 aliphatic heterocycles. The van der Waals surface area contributed by atoms with Crippen LogP contribution >= 0.6 is 0 Å². The number of hydrogen-bond donors (Lipinski definition) is 3. The molecule has 1 heterocycles. The first-order chi connectivity index (χ1) is 11.8. The van der Waals surface area contributed by atoms with E-state index in [-0.39, 0.29) is 12.5 Å². The minimum atomic E-state index is -0.871. The number of rotatable bonds is 6. The molecule has 0 aromatic heterocycles. The summed E-state index contributed by atoms with van der Waals surface area (Å²) in [5, 5.41) is 14.5. The van der Waals surface area contributed by atoms with Crippen LogP contribution in [0.4, 0.5) is 16.2 Å². The maximum absolute atomic E-state index is 12.3. The zero-order valence-corrected chi connectivity index (χ0v) is 15.1. The largest absolute Gasteiger partial charge is 0.481 e. The summed E-state index contributed by atoms with van der Waals surface area (Å²) in [6.07, 6.45) is 0.376. The molecule has 0 aliphatic carbocycles. The molecule has 138 valence electrons. The number of aryl methyl sites for hydroxylation is 1. The highest BCUT2D eigenvalue weighted by atomic mass is 16.5. The molecular weight excluding hydrogens is 322 g/mol.